The van der Waals surface area contributed by atoms with Gasteiger partial charge in [0.1, 0.15) is 12.2 Å². The Bertz CT molecular complexity index is 989. The van der Waals surface area contributed by atoms with Crippen LogP contribution in [-0.4, -0.2) is 85.8 Å². The van der Waals surface area contributed by atoms with Gasteiger partial charge in [0, 0.05) is 38.4 Å². The van der Waals surface area contributed by atoms with Crippen molar-refractivity contribution in [3.05, 3.63) is 18.0 Å². The lowest BCUT2D eigenvalue weighted by molar-refractivity contribution is -0.142. The summed E-state index contributed by atoms with van der Waals surface area (Å²) in [5.74, 6) is 0.0296. The number of aromatic nitrogens is 2. The third-order valence-corrected chi connectivity index (χ3v) is 12.0. The number of primary amides is 1. The first-order chi connectivity index (χ1) is 17.5. The summed E-state index contributed by atoms with van der Waals surface area (Å²) in [4.78, 5) is 35.8. The lowest BCUT2D eigenvalue weighted by atomic mass is 10.0. The molecule has 10 nitrogen and oxygen atoms in total. The number of halogens is 3. The van der Waals surface area contributed by atoms with Gasteiger partial charge in [-0.2, -0.15) is 13.2 Å². The van der Waals surface area contributed by atoms with Gasteiger partial charge in [-0.3, -0.25) is 4.79 Å². The average Bonchev–Trinajstić information content (AvgIpc) is 3.15. The Labute approximate surface area is 222 Å². The molecule has 3 heterocycles. The third-order valence-electron chi connectivity index (χ3n) is 7.47. The molecule has 4 atom stereocenters. The van der Waals surface area contributed by atoms with Crippen LogP contribution in [0.4, 0.5) is 23.9 Å². The first-order valence-electron chi connectivity index (χ1n) is 12.7. The second kappa shape index (κ2) is 11.3. The van der Waals surface area contributed by atoms with E-state index in [1.54, 1.807) is 11.8 Å². The number of rotatable bonds is 8. The molecule has 2 saturated heterocycles. The van der Waals surface area contributed by atoms with Crippen molar-refractivity contribution in [1.29, 1.82) is 0 Å². The number of hydrogen-bond donors (Lipinski definition) is 1. The van der Waals surface area contributed by atoms with Gasteiger partial charge < -0.3 is 29.4 Å². The average molecular weight is 562 g/mol. The van der Waals surface area contributed by atoms with Gasteiger partial charge in [0.25, 0.3) is 5.91 Å². The molecule has 0 radical (unpaired) electrons. The maximum Gasteiger partial charge on any atom is 0.419 e. The number of alkyl halides is 3. The molecule has 0 spiro atoms. The Morgan fingerprint density at radius 2 is 1.82 bits per heavy atom. The van der Waals surface area contributed by atoms with Crippen LogP contribution in [0.3, 0.4) is 0 Å². The molecular formula is C24H38F3N5O5Si. The van der Waals surface area contributed by atoms with Crippen LogP contribution in [-0.2, 0) is 24.9 Å². The minimum atomic E-state index is -4.52. The number of ether oxygens (including phenoxy) is 2. The maximum atomic E-state index is 13.3. The Hall–Kier alpha value is -2.45. The largest absolute Gasteiger partial charge is 0.444 e. The van der Waals surface area contributed by atoms with Crippen molar-refractivity contribution in [2.45, 2.75) is 89.2 Å². The molecule has 0 aromatic carbocycles. The highest BCUT2D eigenvalue weighted by Crippen LogP contribution is 2.39. The van der Waals surface area contributed by atoms with E-state index in [9.17, 15) is 22.8 Å². The van der Waals surface area contributed by atoms with Crippen LogP contribution in [0.1, 0.15) is 46.1 Å². The monoisotopic (exact) mass is 561 g/mol. The number of anilines is 1. The van der Waals surface area contributed by atoms with Crippen molar-refractivity contribution >= 4 is 26.3 Å². The van der Waals surface area contributed by atoms with Gasteiger partial charge in [-0.15, -0.1) is 0 Å². The summed E-state index contributed by atoms with van der Waals surface area (Å²) in [5.41, 5.74) is 4.13. The topological polar surface area (TPSA) is 120 Å². The highest BCUT2D eigenvalue weighted by molar-refractivity contribution is 6.74. The predicted octanol–water partition coefficient (Wildman–Crippen LogP) is 3.57. The normalized spacial score (nSPS) is 24.0. The van der Waals surface area contributed by atoms with Crippen molar-refractivity contribution < 1.29 is 36.7 Å². The number of nitrogens with zero attached hydrogens (tertiary/aromatic N) is 4. The molecule has 2 fully saturated rings. The van der Waals surface area contributed by atoms with Crippen molar-refractivity contribution in [1.82, 2.24) is 14.9 Å². The molecule has 2 N–H and O–H groups in total. The maximum absolute atomic E-state index is 13.3. The number of hydrogen-bond acceptors (Lipinski definition) is 8. The lowest BCUT2D eigenvalue weighted by Crippen LogP contribution is -2.60. The van der Waals surface area contributed by atoms with Crippen molar-refractivity contribution in [3.8, 4) is 0 Å². The molecule has 38 heavy (non-hydrogen) atoms. The summed E-state index contributed by atoms with van der Waals surface area (Å²) < 4.78 is 56.3. The van der Waals surface area contributed by atoms with Gasteiger partial charge in [0.2, 0.25) is 5.95 Å². The van der Waals surface area contributed by atoms with Gasteiger partial charge in [-0.05, 0) is 31.5 Å². The number of carbonyl (C=O) groups excluding carboxylic acids is 2. The molecule has 0 bridgehead atoms. The van der Waals surface area contributed by atoms with Gasteiger partial charge in [-0.1, -0.05) is 20.8 Å². The predicted molar refractivity (Wildman–Crippen MR) is 136 cm³/mol. The van der Waals surface area contributed by atoms with Gasteiger partial charge in [-0.25, -0.2) is 14.8 Å². The Morgan fingerprint density at radius 1 is 1.18 bits per heavy atom. The zero-order chi connectivity index (χ0) is 28.5. The second-order valence-corrected chi connectivity index (χ2v) is 16.1. The van der Waals surface area contributed by atoms with Crippen LogP contribution < -0.4 is 10.6 Å². The first-order valence-corrected chi connectivity index (χ1v) is 15.6. The minimum Gasteiger partial charge on any atom is -0.444 e. The van der Waals surface area contributed by atoms with E-state index in [0.29, 0.717) is 32.5 Å². The molecular weight excluding hydrogens is 523 g/mol. The van der Waals surface area contributed by atoms with E-state index in [-0.39, 0.29) is 29.5 Å². The Kier molecular flexibility index (Phi) is 8.98. The molecule has 14 heteroatoms. The van der Waals surface area contributed by atoms with E-state index in [4.69, 9.17) is 19.6 Å². The van der Waals surface area contributed by atoms with E-state index in [1.165, 1.54) is 0 Å². The number of likely N-dealkylation sites (tertiary alicyclic amines) is 1. The van der Waals surface area contributed by atoms with Gasteiger partial charge in [0.15, 0.2) is 8.32 Å². The summed E-state index contributed by atoms with van der Waals surface area (Å²) in [5, 5.41) is -0.0953. The fraction of sp³-hybridized carbons (Fsp3) is 0.750. The summed E-state index contributed by atoms with van der Waals surface area (Å²) in [6.45, 7) is 13.5. The number of carbonyl (C=O) groups is 2. The first kappa shape index (κ1) is 30.1. The quantitative estimate of drug-likeness (QED) is 0.479. The zero-order valence-corrected chi connectivity index (χ0v) is 23.7. The van der Waals surface area contributed by atoms with Crippen LogP contribution in [0.5, 0.6) is 0 Å². The summed E-state index contributed by atoms with van der Waals surface area (Å²) >= 11 is 0. The van der Waals surface area contributed by atoms with Crippen LogP contribution in [0.15, 0.2) is 12.4 Å². The highest BCUT2D eigenvalue weighted by Gasteiger charge is 2.47. The van der Waals surface area contributed by atoms with Crippen LogP contribution in [0, 0.1) is 0 Å². The lowest BCUT2D eigenvalue weighted by Gasteiger charge is -2.47. The molecule has 1 aromatic heterocycles. The van der Waals surface area contributed by atoms with Crippen molar-refractivity contribution in [2.75, 3.05) is 31.1 Å². The fourth-order valence-electron chi connectivity index (χ4n) is 4.39. The van der Waals surface area contributed by atoms with E-state index < -0.39 is 44.5 Å². The Morgan fingerprint density at radius 3 is 2.37 bits per heavy atom. The molecule has 0 unspecified atom stereocenters. The molecule has 0 aliphatic carbocycles. The van der Waals surface area contributed by atoms with Crippen molar-refractivity contribution in [2.24, 2.45) is 5.73 Å². The van der Waals surface area contributed by atoms with Crippen molar-refractivity contribution in [3.63, 3.8) is 0 Å². The summed E-state index contributed by atoms with van der Waals surface area (Å²) in [7, 11) is -2.28. The smallest absolute Gasteiger partial charge is 0.419 e. The van der Waals surface area contributed by atoms with Gasteiger partial charge in [0.05, 0.1) is 24.3 Å². The standard InChI is InChI=1S/C24H38F3N5O5Si/c1-15(36-21(28)34)14-35-18-8-10-32(20(18)33)17-7-9-31(13-19(17)37-38(5,6)23(2,3)4)22-29-11-16(12-30-22)24(25,26)27/h11-12,15,17-19H,7-10,13-14H2,1-6H3,(H2,28,34)/t15-,17+,18+,19+/m0/s1. The van der Waals surface area contributed by atoms with Crippen LogP contribution in [0.25, 0.3) is 0 Å². The van der Waals surface area contributed by atoms with E-state index in [0.717, 1.165) is 12.4 Å². The SMILES string of the molecule is C[C@@H](CO[C@@H]1CCN([C@@H]2CCN(c3ncc(C(F)(F)F)cn3)C[C@H]2O[Si](C)(C)C(C)(C)C)C1=O)OC(N)=O. The van der Waals surface area contributed by atoms with Crippen LogP contribution in [0.2, 0.25) is 18.1 Å². The Balaban J connectivity index is 1.76. The van der Waals surface area contributed by atoms with E-state index in [1.807, 2.05) is 4.90 Å². The molecule has 2 aliphatic rings. The zero-order valence-electron chi connectivity index (χ0n) is 22.7. The van der Waals surface area contributed by atoms with Gasteiger partial charge >= 0.3 is 12.3 Å². The second-order valence-electron chi connectivity index (χ2n) is 11.4. The van der Waals surface area contributed by atoms with Crippen LogP contribution >= 0.6 is 0 Å². The summed E-state index contributed by atoms with van der Waals surface area (Å²) in [6.07, 6.45) is -4.49. The molecule has 2 amide bonds. The molecule has 2 aliphatic heterocycles. The van der Waals surface area contributed by atoms with E-state index >= 15 is 0 Å². The highest BCUT2D eigenvalue weighted by atomic mass is 28.4. The summed E-state index contributed by atoms with van der Waals surface area (Å²) in [6, 6.07) is -0.241. The minimum absolute atomic E-state index is 0.0424. The number of nitrogens with two attached hydrogens (primary N) is 1. The molecule has 1 aromatic rings. The molecule has 3 rings (SSSR count). The fourth-order valence-corrected chi connectivity index (χ4v) is 5.73. The number of amides is 2. The molecule has 214 valence electrons. The van der Waals surface area contributed by atoms with E-state index in [2.05, 4.69) is 43.8 Å². The molecule has 0 saturated carbocycles. The number of piperidine rings is 1. The third kappa shape index (κ3) is 7.14.